The van der Waals surface area contributed by atoms with Gasteiger partial charge in [-0.05, 0) is 76.2 Å². The van der Waals surface area contributed by atoms with E-state index in [9.17, 15) is 9.18 Å². The molecule has 4 rings (SSSR count). The Hall–Kier alpha value is -1.92. The van der Waals surface area contributed by atoms with Crippen molar-refractivity contribution in [2.75, 3.05) is 26.7 Å². The smallest absolute Gasteiger partial charge is 0.274 e. The number of piperidine rings is 1. The Bertz CT molecular complexity index is 864. The highest BCUT2D eigenvalue weighted by Crippen LogP contribution is 2.30. The van der Waals surface area contributed by atoms with Gasteiger partial charge >= 0.3 is 0 Å². The fourth-order valence-corrected chi connectivity index (χ4v) is 4.45. The highest BCUT2D eigenvalue weighted by molar-refractivity contribution is 5.94. The molecule has 2 heterocycles. The second-order valence-corrected chi connectivity index (χ2v) is 7.81. The molecule has 2 aliphatic rings. The largest absolute Gasteiger partial charge is 0.337 e. The lowest BCUT2D eigenvalue weighted by molar-refractivity contribution is 0.0666. The molecule has 1 aromatic heterocycles. The highest BCUT2D eigenvalue weighted by atomic mass is 35.5. The van der Waals surface area contributed by atoms with E-state index in [1.54, 1.807) is 10.7 Å². The molecule has 1 unspecified atom stereocenters. The molecule has 7 heteroatoms. The van der Waals surface area contributed by atoms with Gasteiger partial charge < -0.3 is 10.2 Å². The van der Waals surface area contributed by atoms with Crippen LogP contribution in [0.5, 0.6) is 0 Å². The molecular weight excluding hydrogens is 379 g/mol. The monoisotopic (exact) mass is 406 g/mol. The van der Waals surface area contributed by atoms with Crippen LogP contribution in [0.3, 0.4) is 0 Å². The van der Waals surface area contributed by atoms with E-state index >= 15 is 0 Å². The number of hydrogen-bond donors (Lipinski definition) is 1. The van der Waals surface area contributed by atoms with Gasteiger partial charge in [0, 0.05) is 24.3 Å². The molecule has 1 amide bonds. The first-order valence-corrected chi connectivity index (χ1v) is 9.89. The van der Waals surface area contributed by atoms with E-state index < -0.39 is 0 Å². The van der Waals surface area contributed by atoms with Crippen LogP contribution in [0.15, 0.2) is 18.2 Å². The molecule has 152 valence electrons. The van der Waals surface area contributed by atoms with Crippen molar-refractivity contribution in [2.45, 2.75) is 39.0 Å². The van der Waals surface area contributed by atoms with E-state index in [4.69, 9.17) is 0 Å². The summed E-state index contributed by atoms with van der Waals surface area (Å²) in [6, 6.07) is 5.16. The lowest BCUT2D eigenvalue weighted by Crippen LogP contribution is -2.42. The topological polar surface area (TPSA) is 50.2 Å². The van der Waals surface area contributed by atoms with E-state index in [0.29, 0.717) is 17.3 Å². The molecule has 0 bridgehead atoms. The van der Waals surface area contributed by atoms with Crippen LogP contribution >= 0.6 is 12.4 Å². The van der Waals surface area contributed by atoms with E-state index in [1.807, 2.05) is 24.9 Å². The molecule has 1 atom stereocenters. The average Bonchev–Trinajstić information content (AvgIpc) is 3.25. The van der Waals surface area contributed by atoms with Crippen molar-refractivity contribution in [1.82, 2.24) is 20.0 Å². The highest BCUT2D eigenvalue weighted by Gasteiger charge is 2.32. The zero-order valence-corrected chi connectivity index (χ0v) is 17.3. The minimum atomic E-state index is -0.293. The molecular formula is C21H28ClFN4O. The molecule has 0 saturated carbocycles. The third-order valence-electron chi connectivity index (χ3n) is 5.76. The minimum Gasteiger partial charge on any atom is -0.337 e. The first-order valence-electron chi connectivity index (χ1n) is 9.89. The quantitative estimate of drug-likeness (QED) is 0.847. The number of nitrogens with one attached hydrogen (secondary N) is 1. The molecule has 0 spiro atoms. The number of halogens is 2. The van der Waals surface area contributed by atoms with Gasteiger partial charge in [0.2, 0.25) is 0 Å². The van der Waals surface area contributed by atoms with Gasteiger partial charge in [-0.2, -0.15) is 5.10 Å². The molecule has 1 aliphatic carbocycles. The summed E-state index contributed by atoms with van der Waals surface area (Å²) in [4.78, 5) is 15.2. The van der Waals surface area contributed by atoms with Crippen LogP contribution in [-0.2, 0) is 12.8 Å². The Kier molecular flexibility index (Phi) is 6.40. The third-order valence-corrected chi connectivity index (χ3v) is 5.76. The summed E-state index contributed by atoms with van der Waals surface area (Å²) in [7, 11) is 1.95. The maximum atomic E-state index is 14.5. The summed E-state index contributed by atoms with van der Waals surface area (Å²) >= 11 is 0. The van der Waals surface area contributed by atoms with Crippen molar-refractivity contribution in [3.8, 4) is 5.69 Å². The number of aryl methyl sites for hydroxylation is 1. The van der Waals surface area contributed by atoms with E-state index in [0.717, 1.165) is 68.6 Å². The predicted molar refractivity (Wildman–Crippen MR) is 110 cm³/mol. The van der Waals surface area contributed by atoms with Crippen molar-refractivity contribution >= 4 is 18.3 Å². The van der Waals surface area contributed by atoms with Gasteiger partial charge in [0.15, 0.2) is 5.69 Å². The number of amides is 1. The molecule has 5 nitrogen and oxygen atoms in total. The lowest BCUT2D eigenvalue weighted by Gasteiger charge is -2.32. The second-order valence-electron chi connectivity index (χ2n) is 7.81. The molecule has 2 aromatic rings. The van der Waals surface area contributed by atoms with Crippen LogP contribution in [0.25, 0.3) is 5.69 Å². The molecule has 0 radical (unpaired) electrons. The van der Waals surface area contributed by atoms with Gasteiger partial charge in [-0.25, -0.2) is 9.07 Å². The number of hydrogen-bond acceptors (Lipinski definition) is 3. The maximum absolute atomic E-state index is 14.5. The van der Waals surface area contributed by atoms with Crippen molar-refractivity contribution in [3.05, 3.63) is 46.5 Å². The van der Waals surface area contributed by atoms with Crippen LogP contribution in [0.2, 0.25) is 0 Å². The summed E-state index contributed by atoms with van der Waals surface area (Å²) in [6.45, 7) is 4.33. The Labute approximate surface area is 171 Å². The number of carbonyl (C=O) groups is 1. The summed E-state index contributed by atoms with van der Waals surface area (Å²) in [5, 5.41) is 7.82. The van der Waals surface area contributed by atoms with Gasteiger partial charge in [-0.1, -0.05) is 6.07 Å². The van der Waals surface area contributed by atoms with Gasteiger partial charge in [-0.15, -0.1) is 12.4 Å². The van der Waals surface area contributed by atoms with E-state index in [-0.39, 0.29) is 24.1 Å². The molecule has 1 aromatic carbocycles. The number of carbonyl (C=O) groups excluding carboxylic acids is 1. The predicted octanol–water partition coefficient (Wildman–Crippen LogP) is 3.30. The fraction of sp³-hybridized carbons (Fsp3) is 0.524. The van der Waals surface area contributed by atoms with Gasteiger partial charge in [-0.3, -0.25) is 4.79 Å². The Balaban J connectivity index is 0.00000225. The molecule has 1 aliphatic heterocycles. The van der Waals surface area contributed by atoms with E-state index in [2.05, 4.69) is 10.4 Å². The zero-order valence-electron chi connectivity index (χ0n) is 16.5. The Morgan fingerprint density at radius 2 is 2.14 bits per heavy atom. The Morgan fingerprint density at radius 3 is 2.89 bits per heavy atom. The number of fused-ring (bicyclic) bond motifs is 1. The first-order chi connectivity index (χ1) is 13.1. The molecule has 1 N–H and O–H groups in total. The number of benzene rings is 1. The van der Waals surface area contributed by atoms with Crippen molar-refractivity contribution in [3.63, 3.8) is 0 Å². The van der Waals surface area contributed by atoms with Crippen LogP contribution in [0, 0.1) is 18.7 Å². The third kappa shape index (κ3) is 3.80. The van der Waals surface area contributed by atoms with Crippen LogP contribution < -0.4 is 5.32 Å². The van der Waals surface area contributed by atoms with E-state index in [1.165, 1.54) is 6.07 Å². The first kappa shape index (κ1) is 20.8. The zero-order chi connectivity index (χ0) is 19.0. The summed E-state index contributed by atoms with van der Waals surface area (Å²) < 4.78 is 16.2. The lowest BCUT2D eigenvalue weighted by atomic mass is 9.97. The minimum absolute atomic E-state index is 0. The fourth-order valence-electron chi connectivity index (χ4n) is 4.45. The summed E-state index contributed by atoms with van der Waals surface area (Å²) in [5.41, 5.74) is 3.83. The van der Waals surface area contributed by atoms with Gasteiger partial charge in [0.25, 0.3) is 5.91 Å². The standard InChI is InChI=1S/C21H27FN4O.ClH/c1-14-8-9-19(17(22)11-14)26-18-7-3-6-16(18)20(24-26)21(27)25-10-4-5-15(13-25)12-23-2;/h8-9,11,15,23H,3-7,10,12-13H2,1-2H3;1H. The van der Waals surface area contributed by atoms with Crippen molar-refractivity contribution in [1.29, 1.82) is 0 Å². The van der Waals surface area contributed by atoms with Crippen LogP contribution in [0.4, 0.5) is 4.39 Å². The van der Waals surface area contributed by atoms with Crippen LogP contribution in [0.1, 0.15) is 46.6 Å². The summed E-state index contributed by atoms with van der Waals surface area (Å²) in [5.74, 6) is 0.191. The second kappa shape index (κ2) is 8.62. The normalized spacial score (nSPS) is 18.7. The Morgan fingerprint density at radius 1 is 1.32 bits per heavy atom. The molecule has 28 heavy (non-hydrogen) atoms. The number of nitrogens with zero attached hydrogens (tertiary/aromatic N) is 3. The number of aromatic nitrogens is 2. The van der Waals surface area contributed by atoms with Gasteiger partial charge in [0.1, 0.15) is 11.5 Å². The summed E-state index contributed by atoms with van der Waals surface area (Å²) in [6.07, 6.45) is 4.84. The number of rotatable bonds is 4. The van der Waals surface area contributed by atoms with Crippen LogP contribution in [-0.4, -0.2) is 47.3 Å². The van der Waals surface area contributed by atoms with Crippen molar-refractivity contribution in [2.24, 2.45) is 5.92 Å². The van der Waals surface area contributed by atoms with Gasteiger partial charge in [0.05, 0.1) is 0 Å². The average molecular weight is 407 g/mol. The van der Waals surface area contributed by atoms with Crippen molar-refractivity contribution < 1.29 is 9.18 Å². The molecule has 1 saturated heterocycles. The molecule has 1 fully saturated rings. The number of likely N-dealkylation sites (tertiary alicyclic amines) is 1. The maximum Gasteiger partial charge on any atom is 0.274 e. The SMILES string of the molecule is CNCC1CCCN(C(=O)c2nn(-c3ccc(C)cc3F)c3c2CCC3)C1.Cl.